The third-order valence-corrected chi connectivity index (χ3v) is 5.65. The summed E-state index contributed by atoms with van der Waals surface area (Å²) in [4.78, 5) is 15.2. The zero-order valence-corrected chi connectivity index (χ0v) is 14.3. The van der Waals surface area contributed by atoms with Gasteiger partial charge in [-0.05, 0) is 52.1 Å². The Morgan fingerprint density at radius 1 is 1.22 bits per heavy atom. The molecule has 4 heteroatoms. The number of rotatable bonds is 4. The van der Waals surface area contributed by atoms with E-state index < -0.39 is 12.0 Å². The first-order chi connectivity index (χ1) is 11.0. The molecular formula is C19H28N2O2. The van der Waals surface area contributed by atoms with Gasteiger partial charge >= 0.3 is 0 Å². The second-order valence-electron chi connectivity index (χ2n) is 7.36. The molecule has 2 saturated heterocycles. The maximum atomic E-state index is 12.8. The lowest BCUT2D eigenvalue weighted by molar-refractivity contribution is -0.126. The summed E-state index contributed by atoms with van der Waals surface area (Å²) >= 11 is 0. The largest absolute Gasteiger partial charge is 0.392 e. The highest BCUT2D eigenvalue weighted by Crippen LogP contribution is 2.34. The maximum absolute atomic E-state index is 12.8. The van der Waals surface area contributed by atoms with Crippen LogP contribution in [0.25, 0.3) is 0 Å². The van der Waals surface area contributed by atoms with E-state index in [1.54, 1.807) is 6.92 Å². The summed E-state index contributed by atoms with van der Waals surface area (Å²) in [6.45, 7) is 3.72. The molecule has 1 aromatic carbocycles. The first-order valence-electron chi connectivity index (χ1n) is 8.72. The van der Waals surface area contributed by atoms with Gasteiger partial charge in [0.1, 0.15) is 0 Å². The first-order valence-corrected chi connectivity index (χ1v) is 8.72. The lowest BCUT2D eigenvalue weighted by Gasteiger charge is -2.37. The topological polar surface area (TPSA) is 52.6 Å². The Hall–Kier alpha value is -1.39. The number of aliphatic hydroxyl groups is 1. The van der Waals surface area contributed by atoms with Gasteiger partial charge in [0.2, 0.25) is 5.91 Å². The lowest BCUT2D eigenvalue weighted by Crippen LogP contribution is -2.50. The van der Waals surface area contributed by atoms with E-state index in [0.717, 1.165) is 24.0 Å². The summed E-state index contributed by atoms with van der Waals surface area (Å²) in [5, 5.41) is 13.3. The number of fused-ring (bicyclic) bond motifs is 2. The predicted molar refractivity (Wildman–Crippen MR) is 91.3 cm³/mol. The number of nitrogens with zero attached hydrogens (tertiary/aromatic N) is 1. The minimum absolute atomic E-state index is 0.0437. The Morgan fingerprint density at radius 3 is 2.30 bits per heavy atom. The standard InChI is InChI=1S/C19H28N2O2/c1-12-4-6-14(7-5-12)18(13(2)22)19(23)20-15-10-16-8-9-17(11-15)21(16)3/h4-7,13,15-18,22H,8-11H2,1-3H3,(H,20,23)/t13?,15?,16?,17?,18-/m1/s1. The zero-order chi connectivity index (χ0) is 16.6. The molecule has 3 unspecified atom stereocenters. The van der Waals surface area contributed by atoms with Crippen LogP contribution in [0.2, 0.25) is 0 Å². The van der Waals surface area contributed by atoms with Crippen molar-refractivity contribution in [3.8, 4) is 0 Å². The second-order valence-corrected chi connectivity index (χ2v) is 7.36. The number of nitrogens with one attached hydrogen (secondary N) is 1. The molecule has 3 rings (SSSR count). The molecule has 0 aliphatic carbocycles. The molecular weight excluding hydrogens is 288 g/mol. The fourth-order valence-corrected chi connectivity index (χ4v) is 4.24. The quantitative estimate of drug-likeness (QED) is 0.895. The summed E-state index contributed by atoms with van der Waals surface area (Å²) in [5.41, 5.74) is 2.05. The Bertz CT molecular complexity index is 541. The summed E-state index contributed by atoms with van der Waals surface area (Å²) in [6.07, 6.45) is 3.84. The minimum atomic E-state index is -0.694. The highest BCUT2D eigenvalue weighted by molar-refractivity contribution is 5.84. The molecule has 0 saturated carbocycles. The molecule has 2 heterocycles. The Kier molecular flexibility index (Phi) is 4.74. The number of aliphatic hydroxyl groups excluding tert-OH is 1. The predicted octanol–water partition coefficient (Wildman–Crippen LogP) is 2.20. The molecule has 1 aromatic rings. The maximum Gasteiger partial charge on any atom is 0.230 e. The number of carbonyl (C=O) groups excluding carboxylic acids is 1. The monoisotopic (exact) mass is 316 g/mol. The smallest absolute Gasteiger partial charge is 0.230 e. The number of amides is 1. The summed E-state index contributed by atoms with van der Waals surface area (Å²) < 4.78 is 0. The van der Waals surface area contributed by atoms with Crippen molar-refractivity contribution in [2.45, 2.75) is 69.7 Å². The normalized spacial score (nSPS) is 30.0. The Balaban J connectivity index is 1.69. The summed E-state index contributed by atoms with van der Waals surface area (Å²) in [6, 6.07) is 9.33. The van der Waals surface area contributed by atoms with Crippen LogP contribution in [0.3, 0.4) is 0 Å². The van der Waals surface area contributed by atoms with Crippen molar-refractivity contribution in [2.75, 3.05) is 7.05 Å². The number of carbonyl (C=O) groups is 1. The number of aryl methyl sites for hydroxylation is 1. The van der Waals surface area contributed by atoms with Gasteiger partial charge in [-0.2, -0.15) is 0 Å². The second kappa shape index (κ2) is 6.62. The van der Waals surface area contributed by atoms with E-state index in [2.05, 4.69) is 17.3 Å². The van der Waals surface area contributed by atoms with Crippen molar-refractivity contribution in [1.29, 1.82) is 0 Å². The van der Waals surface area contributed by atoms with Crippen molar-refractivity contribution in [2.24, 2.45) is 0 Å². The number of hydrogen-bond acceptors (Lipinski definition) is 3. The van der Waals surface area contributed by atoms with Gasteiger partial charge in [-0.15, -0.1) is 0 Å². The fourth-order valence-electron chi connectivity index (χ4n) is 4.24. The highest BCUT2D eigenvalue weighted by atomic mass is 16.3. The molecule has 23 heavy (non-hydrogen) atoms. The van der Waals surface area contributed by atoms with E-state index >= 15 is 0 Å². The van der Waals surface area contributed by atoms with Crippen LogP contribution in [-0.4, -0.2) is 47.2 Å². The summed E-state index contributed by atoms with van der Waals surface area (Å²) in [5.74, 6) is -0.536. The first kappa shape index (κ1) is 16.5. The molecule has 2 N–H and O–H groups in total. The SMILES string of the molecule is Cc1ccc([C@H](C(=O)NC2CC3CCC(C2)N3C)C(C)O)cc1. The molecule has 126 valence electrons. The molecule has 2 aliphatic rings. The molecule has 0 radical (unpaired) electrons. The van der Waals surface area contributed by atoms with E-state index in [1.807, 2.05) is 31.2 Å². The fraction of sp³-hybridized carbons (Fsp3) is 0.632. The van der Waals surface area contributed by atoms with E-state index in [9.17, 15) is 9.90 Å². The van der Waals surface area contributed by atoms with Gasteiger partial charge in [-0.3, -0.25) is 4.79 Å². The van der Waals surface area contributed by atoms with Crippen LogP contribution in [-0.2, 0) is 4.79 Å². The highest BCUT2D eigenvalue weighted by Gasteiger charge is 2.39. The third-order valence-electron chi connectivity index (χ3n) is 5.65. The minimum Gasteiger partial charge on any atom is -0.392 e. The summed E-state index contributed by atoms with van der Waals surface area (Å²) in [7, 11) is 2.20. The number of piperidine rings is 1. The van der Waals surface area contributed by atoms with E-state index in [1.165, 1.54) is 12.8 Å². The van der Waals surface area contributed by atoms with Crippen LogP contribution in [0.4, 0.5) is 0 Å². The molecule has 2 aliphatic heterocycles. The van der Waals surface area contributed by atoms with E-state index in [-0.39, 0.29) is 11.9 Å². The van der Waals surface area contributed by atoms with Crippen molar-refractivity contribution in [3.63, 3.8) is 0 Å². The van der Waals surface area contributed by atoms with Gasteiger partial charge < -0.3 is 15.3 Å². The van der Waals surface area contributed by atoms with Gasteiger partial charge in [-0.25, -0.2) is 0 Å². The van der Waals surface area contributed by atoms with Crippen LogP contribution < -0.4 is 5.32 Å². The van der Waals surface area contributed by atoms with Crippen LogP contribution >= 0.6 is 0 Å². The molecule has 4 atom stereocenters. The van der Waals surface area contributed by atoms with Crippen LogP contribution in [0.15, 0.2) is 24.3 Å². The molecule has 2 bridgehead atoms. The van der Waals surface area contributed by atoms with Crippen molar-refractivity contribution >= 4 is 5.91 Å². The van der Waals surface area contributed by atoms with Gasteiger partial charge in [0.15, 0.2) is 0 Å². The molecule has 0 aromatic heterocycles. The van der Waals surface area contributed by atoms with Gasteiger partial charge in [0.05, 0.1) is 12.0 Å². The van der Waals surface area contributed by atoms with E-state index in [0.29, 0.717) is 12.1 Å². The number of benzene rings is 1. The van der Waals surface area contributed by atoms with E-state index in [4.69, 9.17) is 0 Å². The van der Waals surface area contributed by atoms with Crippen LogP contribution in [0.5, 0.6) is 0 Å². The molecule has 4 nitrogen and oxygen atoms in total. The number of hydrogen-bond donors (Lipinski definition) is 2. The van der Waals surface area contributed by atoms with Crippen LogP contribution in [0.1, 0.15) is 49.7 Å². The molecule has 0 spiro atoms. The average Bonchev–Trinajstić information content (AvgIpc) is 2.72. The van der Waals surface area contributed by atoms with Crippen molar-refractivity contribution in [3.05, 3.63) is 35.4 Å². The van der Waals surface area contributed by atoms with Gasteiger partial charge in [-0.1, -0.05) is 29.8 Å². The molecule has 2 fully saturated rings. The zero-order valence-electron chi connectivity index (χ0n) is 14.3. The van der Waals surface area contributed by atoms with Gasteiger partial charge in [0.25, 0.3) is 0 Å². The average molecular weight is 316 g/mol. The third kappa shape index (κ3) is 3.43. The van der Waals surface area contributed by atoms with Crippen molar-refractivity contribution in [1.82, 2.24) is 10.2 Å². The Morgan fingerprint density at radius 2 is 1.78 bits per heavy atom. The van der Waals surface area contributed by atoms with Gasteiger partial charge in [0, 0.05) is 18.1 Å². The van der Waals surface area contributed by atoms with Crippen molar-refractivity contribution < 1.29 is 9.90 Å². The van der Waals surface area contributed by atoms with Crippen LogP contribution in [0, 0.1) is 6.92 Å². The Labute approximate surface area is 138 Å². The molecule has 1 amide bonds. The lowest BCUT2D eigenvalue weighted by atomic mass is 9.91.